The fourth-order valence-corrected chi connectivity index (χ4v) is 3.26. The molecule has 0 radical (unpaired) electrons. The minimum absolute atomic E-state index is 0.0179. The number of rotatable bonds is 3. The van der Waals surface area contributed by atoms with Crippen molar-refractivity contribution >= 4 is 21.7 Å². The van der Waals surface area contributed by atoms with Crippen molar-refractivity contribution in [3.63, 3.8) is 0 Å². The van der Waals surface area contributed by atoms with Gasteiger partial charge in [0.2, 0.25) is 0 Å². The number of fused-ring (bicyclic) bond motifs is 1. The fourth-order valence-electron chi connectivity index (χ4n) is 2.74. The lowest BCUT2D eigenvalue weighted by Crippen LogP contribution is -2.10. The zero-order valence-corrected chi connectivity index (χ0v) is 14.0. The molecule has 1 atom stereocenters. The number of nitrogens with zero attached hydrogens (tertiary/aromatic N) is 1. The van der Waals surface area contributed by atoms with E-state index in [0.717, 1.165) is 6.07 Å². The first-order valence-corrected chi connectivity index (χ1v) is 8.95. The highest BCUT2D eigenvalue weighted by atomic mass is 32.2. The maximum absolute atomic E-state index is 15.0. The molecule has 6 heteroatoms. The molecule has 3 nitrogen and oxygen atoms in total. The molecule has 0 N–H and O–H groups in total. The van der Waals surface area contributed by atoms with Crippen LogP contribution >= 0.6 is 0 Å². The van der Waals surface area contributed by atoms with Gasteiger partial charge in [-0.05, 0) is 30.7 Å². The molecule has 1 unspecified atom stereocenters. The number of hydrogen-bond acceptors (Lipinski definition) is 2. The minimum atomic E-state index is -1.17. The van der Waals surface area contributed by atoms with Crippen LogP contribution in [0.3, 0.4) is 0 Å². The van der Waals surface area contributed by atoms with Gasteiger partial charge in [-0.1, -0.05) is 12.1 Å². The van der Waals surface area contributed by atoms with Crippen molar-refractivity contribution in [1.82, 2.24) is 4.57 Å². The molecule has 124 valence electrons. The highest BCUT2D eigenvalue weighted by molar-refractivity contribution is 7.84. The lowest BCUT2D eigenvalue weighted by atomic mass is 10.0. The number of benzene rings is 2. The van der Waals surface area contributed by atoms with Crippen LogP contribution in [0.1, 0.15) is 6.92 Å². The summed E-state index contributed by atoms with van der Waals surface area (Å²) < 4.78 is 42.6. The van der Waals surface area contributed by atoms with E-state index < -0.39 is 27.9 Å². The number of halogens is 2. The summed E-state index contributed by atoms with van der Waals surface area (Å²) in [5.74, 6) is -1.56. The third-order valence-corrected chi connectivity index (χ3v) is 4.90. The van der Waals surface area contributed by atoms with Crippen LogP contribution < -0.4 is 5.43 Å². The van der Waals surface area contributed by atoms with Gasteiger partial charge in [-0.2, -0.15) is 0 Å². The largest absolute Gasteiger partial charge is 0.345 e. The van der Waals surface area contributed by atoms with Crippen LogP contribution in [0, 0.1) is 11.6 Å². The van der Waals surface area contributed by atoms with E-state index in [1.54, 1.807) is 16.7 Å². The highest BCUT2D eigenvalue weighted by Crippen LogP contribution is 2.31. The van der Waals surface area contributed by atoms with Crippen molar-refractivity contribution in [2.24, 2.45) is 0 Å². The average Bonchev–Trinajstić information content (AvgIpc) is 2.56. The van der Waals surface area contributed by atoms with Crippen LogP contribution in [-0.2, 0) is 17.3 Å². The van der Waals surface area contributed by atoms with Gasteiger partial charge in [0.1, 0.15) is 5.82 Å². The first kappa shape index (κ1) is 16.5. The van der Waals surface area contributed by atoms with Gasteiger partial charge in [0.25, 0.3) is 0 Å². The van der Waals surface area contributed by atoms with Gasteiger partial charge >= 0.3 is 0 Å². The van der Waals surface area contributed by atoms with Crippen LogP contribution in [0.5, 0.6) is 0 Å². The van der Waals surface area contributed by atoms with Crippen molar-refractivity contribution < 1.29 is 13.0 Å². The molecule has 0 spiro atoms. The van der Waals surface area contributed by atoms with Crippen molar-refractivity contribution in [3.8, 4) is 11.1 Å². The van der Waals surface area contributed by atoms with E-state index in [1.165, 1.54) is 30.7 Å². The molecule has 0 aliphatic carbocycles. The zero-order valence-electron chi connectivity index (χ0n) is 13.2. The first-order valence-electron chi connectivity index (χ1n) is 7.39. The van der Waals surface area contributed by atoms with Crippen molar-refractivity contribution in [3.05, 3.63) is 64.5 Å². The second kappa shape index (κ2) is 6.28. The van der Waals surface area contributed by atoms with Gasteiger partial charge in [0.15, 0.2) is 11.2 Å². The number of pyridine rings is 1. The second-order valence-corrected chi connectivity index (χ2v) is 6.77. The number of aryl methyl sites for hydroxylation is 1. The fraction of sp³-hybridized carbons (Fsp3) is 0.167. The normalized spacial score (nSPS) is 12.5. The molecule has 3 aromatic rings. The molecule has 0 fully saturated rings. The molecule has 2 aromatic carbocycles. The Bertz CT molecular complexity index is 1010. The van der Waals surface area contributed by atoms with Gasteiger partial charge in [0.05, 0.1) is 16.5 Å². The molecular formula is C18H15F2NO2S. The molecule has 3 rings (SSSR count). The van der Waals surface area contributed by atoms with E-state index >= 15 is 4.39 Å². The summed E-state index contributed by atoms with van der Waals surface area (Å²) in [4.78, 5) is 12.5. The maximum atomic E-state index is 15.0. The summed E-state index contributed by atoms with van der Waals surface area (Å²) in [5.41, 5.74) is -0.191. The van der Waals surface area contributed by atoms with Crippen molar-refractivity contribution in [1.29, 1.82) is 0 Å². The van der Waals surface area contributed by atoms with E-state index in [2.05, 4.69) is 0 Å². The Morgan fingerprint density at radius 3 is 2.38 bits per heavy atom. The topological polar surface area (TPSA) is 39.1 Å². The van der Waals surface area contributed by atoms with Gasteiger partial charge in [0, 0.05) is 40.8 Å². The number of hydrogen-bond donors (Lipinski definition) is 0. The lowest BCUT2D eigenvalue weighted by Gasteiger charge is -2.13. The number of aromatic nitrogens is 1. The van der Waals surface area contributed by atoms with Crippen LogP contribution in [0.4, 0.5) is 8.78 Å². The van der Waals surface area contributed by atoms with Gasteiger partial charge in [-0.3, -0.25) is 9.00 Å². The van der Waals surface area contributed by atoms with Crippen LogP contribution in [0.25, 0.3) is 22.0 Å². The van der Waals surface area contributed by atoms with E-state index in [9.17, 15) is 13.4 Å². The van der Waals surface area contributed by atoms with E-state index in [0.29, 0.717) is 17.0 Å². The quantitative estimate of drug-likeness (QED) is 0.725. The maximum Gasteiger partial charge on any atom is 0.189 e. The van der Waals surface area contributed by atoms with Crippen molar-refractivity contribution in [2.45, 2.75) is 18.4 Å². The summed E-state index contributed by atoms with van der Waals surface area (Å²) >= 11 is 0. The Hall–Kier alpha value is -2.34. The molecule has 1 heterocycles. The summed E-state index contributed by atoms with van der Waals surface area (Å²) in [5, 5.41) is 0.0179. The molecule has 0 aliphatic rings. The SMILES string of the molecule is CCn1ccc(=O)c2cc(F)c(-c3ccc(S(C)=O)cc3)c(F)c21. The molecule has 0 bridgehead atoms. The molecular weight excluding hydrogens is 332 g/mol. The molecule has 0 amide bonds. The Morgan fingerprint density at radius 1 is 1.12 bits per heavy atom. The Kier molecular flexibility index (Phi) is 4.32. The summed E-state index contributed by atoms with van der Waals surface area (Å²) in [6.45, 7) is 2.27. The zero-order chi connectivity index (χ0) is 17.4. The molecule has 0 aliphatic heterocycles. The summed E-state index contributed by atoms with van der Waals surface area (Å²) in [6.07, 6.45) is 3.03. The third-order valence-electron chi connectivity index (χ3n) is 3.97. The molecule has 0 saturated heterocycles. The van der Waals surface area contributed by atoms with Crippen LogP contribution in [-0.4, -0.2) is 15.0 Å². The van der Waals surface area contributed by atoms with E-state index in [-0.39, 0.29) is 16.5 Å². The van der Waals surface area contributed by atoms with Crippen LogP contribution in [0.2, 0.25) is 0 Å². The Labute approximate surface area is 140 Å². The van der Waals surface area contributed by atoms with Gasteiger partial charge < -0.3 is 4.57 Å². The monoisotopic (exact) mass is 347 g/mol. The predicted molar refractivity (Wildman–Crippen MR) is 91.6 cm³/mol. The molecule has 0 saturated carbocycles. The predicted octanol–water partition coefficient (Wildman–Crippen LogP) is 3.70. The van der Waals surface area contributed by atoms with E-state index in [4.69, 9.17) is 0 Å². The summed E-state index contributed by atoms with van der Waals surface area (Å²) in [7, 11) is -1.17. The molecule has 24 heavy (non-hydrogen) atoms. The second-order valence-electron chi connectivity index (χ2n) is 5.39. The standard InChI is InChI=1S/C18H15F2NO2S/c1-3-21-9-8-15(22)13-10-14(19)16(17(20)18(13)21)11-4-6-12(7-5-11)24(2)23/h4-10H,3H2,1-2H3. The average molecular weight is 347 g/mol. The minimum Gasteiger partial charge on any atom is -0.345 e. The Balaban J connectivity index is 2.32. The highest BCUT2D eigenvalue weighted by Gasteiger charge is 2.19. The lowest BCUT2D eigenvalue weighted by molar-refractivity contribution is 0.590. The Morgan fingerprint density at radius 2 is 1.79 bits per heavy atom. The van der Waals surface area contributed by atoms with E-state index in [1.807, 2.05) is 6.92 Å². The summed E-state index contributed by atoms with van der Waals surface area (Å²) in [6, 6.07) is 8.59. The van der Waals surface area contributed by atoms with Gasteiger partial charge in [-0.15, -0.1) is 0 Å². The van der Waals surface area contributed by atoms with Crippen LogP contribution in [0.15, 0.2) is 52.3 Å². The third kappa shape index (κ3) is 2.67. The van der Waals surface area contributed by atoms with Crippen molar-refractivity contribution in [2.75, 3.05) is 6.26 Å². The van der Waals surface area contributed by atoms with Gasteiger partial charge in [-0.25, -0.2) is 8.78 Å². The molecule has 1 aromatic heterocycles. The smallest absolute Gasteiger partial charge is 0.189 e. The first-order chi connectivity index (χ1) is 11.4.